The first kappa shape index (κ1) is 27.4. The van der Waals surface area contributed by atoms with Crippen LogP contribution in [0.4, 0.5) is 0 Å². The van der Waals surface area contributed by atoms with Crippen LogP contribution in [0.15, 0.2) is 42.5 Å². The molecule has 0 aliphatic carbocycles. The number of benzene rings is 2. The van der Waals surface area contributed by atoms with Gasteiger partial charge in [-0.1, -0.05) is 55.2 Å². The molecule has 2 amide bonds. The molecule has 0 saturated carbocycles. The number of ether oxygens (including phenoxy) is 1. The Labute approximate surface area is 211 Å². The van der Waals surface area contributed by atoms with Gasteiger partial charge in [-0.15, -0.1) is 11.8 Å². The maximum absolute atomic E-state index is 13.3. The van der Waals surface area contributed by atoms with Crippen molar-refractivity contribution in [1.82, 2.24) is 10.2 Å². The van der Waals surface area contributed by atoms with Gasteiger partial charge < -0.3 is 15.0 Å². The Morgan fingerprint density at radius 1 is 1.03 bits per heavy atom. The number of carbonyl (C=O) groups excluding carboxylic acids is 2. The van der Waals surface area contributed by atoms with E-state index in [1.807, 2.05) is 51.1 Å². The lowest BCUT2D eigenvalue weighted by molar-refractivity contribution is -0.139. The lowest BCUT2D eigenvalue weighted by Crippen LogP contribution is -2.51. The molecule has 8 heteroatoms. The molecule has 2 atom stereocenters. The highest BCUT2D eigenvalue weighted by atomic mass is 35.5. The standard InChI is InChI=1S/C25H32Cl2N2O3S/c1-5-17(3)28-25(31)23(6-2)29(14-19-9-12-21(26)22(27)13-19)24(30)16-33-15-18-7-10-20(32-4)11-8-18/h7-13,17,23H,5-6,14-16H2,1-4H3,(H,28,31)/t17-,23+/m1/s1. The second-order valence-corrected chi connectivity index (χ2v) is 9.65. The van der Waals surface area contributed by atoms with Crippen LogP contribution < -0.4 is 10.1 Å². The molecule has 0 bridgehead atoms. The first-order valence-corrected chi connectivity index (χ1v) is 12.9. The Kier molecular flexibility index (Phi) is 11.4. The van der Waals surface area contributed by atoms with Crippen LogP contribution in [-0.4, -0.2) is 41.7 Å². The first-order valence-electron chi connectivity index (χ1n) is 11.0. The minimum absolute atomic E-state index is 0.0397. The number of carbonyl (C=O) groups is 2. The lowest BCUT2D eigenvalue weighted by atomic mass is 10.1. The summed E-state index contributed by atoms with van der Waals surface area (Å²) in [6.07, 6.45) is 1.33. The summed E-state index contributed by atoms with van der Waals surface area (Å²) in [5.41, 5.74) is 1.93. The van der Waals surface area contributed by atoms with Gasteiger partial charge in [-0.25, -0.2) is 0 Å². The molecule has 0 aliphatic heterocycles. The van der Waals surface area contributed by atoms with Crippen LogP contribution >= 0.6 is 35.0 Å². The Bertz CT molecular complexity index is 924. The SMILES string of the molecule is CC[C@@H](C)NC(=O)[C@H](CC)N(Cc1ccc(Cl)c(Cl)c1)C(=O)CSCc1ccc(OC)cc1. The van der Waals surface area contributed by atoms with Crippen LogP contribution in [0.5, 0.6) is 5.75 Å². The van der Waals surface area contributed by atoms with E-state index < -0.39 is 6.04 Å². The summed E-state index contributed by atoms with van der Waals surface area (Å²) >= 11 is 13.8. The largest absolute Gasteiger partial charge is 0.497 e. The number of rotatable bonds is 12. The molecule has 0 radical (unpaired) electrons. The number of nitrogens with one attached hydrogen (secondary N) is 1. The number of methoxy groups -OCH3 is 1. The minimum Gasteiger partial charge on any atom is -0.497 e. The quantitative estimate of drug-likeness (QED) is 0.382. The van der Waals surface area contributed by atoms with Gasteiger partial charge in [0.1, 0.15) is 11.8 Å². The molecule has 5 nitrogen and oxygen atoms in total. The molecular weight excluding hydrogens is 479 g/mol. The van der Waals surface area contributed by atoms with E-state index in [1.165, 1.54) is 11.8 Å². The van der Waals surface area contributed by atoms with Gasteiger partial charge in [-0.3, -0.25) is 9.59 Å². The highest BCUT2D eigenvalue weighted by Gasteiger charge is 2.29. The van der Waals surface area contributed by atoms with E-state index >= 15 is 0 Å². The highest BCUT2D eigenvalue weighted by Crippen LogP contribution is 2.25. The molecule has 0 spiro atoms. The Balaban J connectivity index is 2.15. The number of hydrogen-bond acceptors (Lipinski definition) is 4. The fourth-order valence-corrected chi connectivity index (χ4v) is 4.45. The predicted molar refractivity (Wildman–Crippen MR) is 138 cm³/mol. The van der Waals surface area contributed by atoms with E-state index in [-0.39, 0.29) is 30.2 Å². The van der Waals surface area contributed by atoms with E-state index in [1.54, 1.807) is 24.1 Å². The molecule has 1 N–H and O–H groups in total. The van der Waals surface area contributed by atoms with Crippen LogP contribution in [0.2, 0.25) is 10.0 Å². The molecule has 33 heavy (non-hydrogen) atoms. The average Bonchev–Trinajstić information content (AvgIpc) is 2.81. The maximum Gasteiger partial charge on any atom is 0.243 e. The molecule has 180 valence electrons. The molecule has 2 aromatic carbocycles. The molecule has 2 rings (SSSR count). The Morgan fingerprint density at radius 3 is 2.27 bits per heavy atom. The van der Waals surface area contributed by atoms with Crippen molar-refractivity contribution in [2.24, 2.45) is 0 Å². The van der Waals surface area contributed by atoms with Gasteiger partial charge >= 0.3 is 0 Å². The van der Waals surface area contributed by atoms with E-state index in [4.69, 9.17) is 27.9 Å². The van der Waals surface area contributed by atoms with Crippen molar-refractivity contribution in [2.75, 3.05) is 12.9 Å². The van der Waals surface area contributed by atoms with E-state index in [9.17, 15) is 9.59 Å². The molecule has 0 unspecified atom stereocenters. The van der Waals surface area contributed by atoms with Crippen LogP contribution in [-0.2, 0) is 21.9 Å². The van der Waals surface area contributed by atoms with E-state index in [2.05, 4.69) is 5.32 Å². The summed E-state index contributed by atoms with van der Waals surface area (Å²) in [6.45, 7) is 6.17. The fourth-order valence-electron chi connectivity index (χ4n) is 3.26. The fraction of sp³-hybridized carbons (Fsp3) is 0.440. The second kappa shape index (κ2) is 13.7. The third-order valence-corrected chi connectivity index (χ3v) is 7.10. The number of amides is 2. The van der Waals surface area contributed by atoms with Crippen molar-refractivity contribution in [2.45, 2.75) is 58.0 Å². The van der Waals surface area contributed by atoms with Crippen LogP contribution in [0.1, 0.15) is 44.7 Å². The minimum atomic E-state index is -0.567. The zero-order valence-corrected chi connectivity index (χ0v) is 21.9. The molecule has 0 fully saturated rings. The van der Waals surface area contributed by atoms with E-state index in [0.717, 1.165) is 23.3 Å². The monoisotopic (exact) mass is 510 g/mol. The summed E-state index contributed by atoms with van der Waals surface area (Å²) in [5.74, 6) is 1.52. The third kappa shape index (κ3) is 8.43. The number of thioether (sulfide) groups is 1. The normalized spacial score (nSPS) is 12.7. The van der Waals surface area contributed by atoms with Crippen molar-refractivity contribution in [1.29, 1.82) is 0 Å². The highest BCUT2D eigenvalue weighted by molar-refractivity contribution is 7.99. The van der Waals surface area contributed by atoms with Crippen molar-refractivity contribution in [3.05, 3.63) is 63.6 Å². The Morgan fingerprint density at radius 2 is 1.70 bits per heavy atom. The van der Waals surface area contributed by atoms with Gasteiger partial charge in [0.25, 0.3) is 0 Å². The lowest BCUT2D eigenvalue weighted by Gasteiger charge is -2.31. The second-order valence-electron chi connectivity index (χ2n) is 7.85. The van der Waals surface area contributed by atoms with Gasteiger partial charge in [0, 0.05) is 18.3 Å². The number of halogens is 2. The first-order chi connectivity index (χ1) is 15.8. The average molecular weight is 512 g/mol. The zero-order valence-electron chi connectivity index (χ0n) is 19.6. The van der Waals surface area contributed by atoms with Crippen molar-refractivity contribution in [3.63, 3.8) is 0 Å². The van der Waals surface area contributed by atoms with Gasteiger partial charge in [0.05, 0.1) is 22.9 Å². The number of nitrogens with zero attached hydrogens (tertiary/aromatic N) is 1. The zero-order chi connectivity index (χ0) is 24.4. The molecule has 0 heterocycles. The van der Waals surface area contributed by atoms with Crippen molar-refractivity contribution in [3.8, 4) is 5.75 Å². The molecule has 2 aromatic rings. The molecular formula is C25H32Cl2N2O3S. The maximum atomic E-state index is 13.3. The van der Waals surface area contributed by atoms with Crippen molar-refractivity contribution >= 4 is 46.8 Å². The van der Waals surface area contributed by atoms with Crippen LogP contribution in [0.25, 0.3) is 0 Å². The van der Waals surface area contributed by atoms with E-state index in [0.29, 0.717) is 22.2 Å². The topological polar surface area (TPSA) is 58.6 Å². The van der Waals surface area contributed by atoms with Gasteiger partial charge in [0.15, 0.2) is 0 Å². The molecule has 0 aromatic heterocycles. The molecule has 0 saturated heterocycles. The summed E-state index contributed by atoms with van der Waals surface area (Å²) in [6, 6.07) is 12.5. The molecule has 0 aliphatic rings. The third-order valence-electron chi connectivity index (χ3n) is 5.38. The summed E-state index contributed by atoms with van der Waals surface area (Å²) in [7, 11) is 1.63. The van der Waals surface area contributed by atoms with Gasteiger partial charge in [-0.2, -0.15) is 0 Å². The van der Waals surface area contributed by atoms with Crippen molar-refractivity contribution < 1.29 is 14.3 Å². The van der Waals surface area contributed by atoms with Crippen LogP contribution in [0.3, 0.4) is 0 Å². The Hall–Kier alpha value is -1.89. The predicted octanol–water partition coefficient (Wildman–Crippen LogP) is 5.96. The smallest absolute Gasteiger partial charge is 0.243 e. The number of hydrogen-bond donors (Lipinski definition) is 1. The summed E-state index contributed by atoms with van der Waals surface area (Å²) in [5, 5.41) is 3.89. The van der Waals surface area contributed by atoms with Crippen LogP contribution in [0, 0.1) is 0 Å². The summed E-state index contributed by atoms with van der Waals surface area (Å²) in [4.78, 5) is 27.9. The van der Waals surface area contributed by atoms with Gasteiger partial charge in [-0.05, 0) is 55.2 Å². The summed E-state index contributed by atoms with van der Waals surface area (Å²) < 4.78 is 5.19. The van der Waals surface area contributed by atoms with Gasteiger partial charge in [0.2, 0.25) is 11.8 Å².